The highest BCUT2D eigenvalue weighted by atomic mass is 79.9. The molecule has 0 unspecified atom stereocenters. The van der Waals surface area contributed by atoms with Crippen LogP contribution in [0.25, 0.3) is 11.0 Å². The number of pyridine rings is 1. The summed E-state index contributed by atoms with van der Waals surface area (Å²) in [5, 5.41) is 3.62. The molecule has 0 fully saturated rings. The van der Waals surface area contributed by atoms with Crippen LogP contribution in [0.3, 0.4) is 0 Å². The first kappa shape index (κ1) is 18.3. The van der Waals surface area contributed by atoms with Gasteiger partial charge in [0, 0.05) is 28.2 Å². The molecule has 3 rings (SSSR count). The molecule has 134 valence electrons. The predicted octanol–water partition coefficient (Wildman–Crippen LogP) is 3.33. The smallest absolute Gasteiger partial charge is 0.336 e. The number of likely N-dealkylation sites (N-methyl/N-ethyl adjacent to an activating group) is 1. The highest BCUT2D eigenvalue weighted by molar-refractivity contribution is 9.10. The van der Waals surface area contributed by atoms with E-state index >= 15 is 0 Å². The number of nitrogens with zero attached hydrogens (tertiary/aromatic N) is 2. The molecule has 6 nitrogen and oxygen atoms in total. The molecule has 26 heavy (non-hydrogen) atoms. The number of carbonyl (C=O) groups excluding carboxylic acids is 1. The van der Waals surface area contributed by atoms with Gasteiger partial charge in [-0.3, -0.25) is 9.69 Å². The lowest BCUT2D eigenvalue weighted by Crippen LogP contribution is -2.30. The largest absolute Gasteiger partial charge is 0.423 e. The van der Waals surface area contributed by atoms with Crippen LogP contribution in [0.2, 0.25) is 0 Å². The Hall–Kier alpha value is -2.51. The van der Waals surface area contributed by atoms with E-state index in [9.17, 15) is 9.59 Å². The number of aryl methyl sites for hydroxylation is 1. The molecular weight excluding hydrogens is 398 g/mol. The highest BCUT2D eigenvalue weighted by Gasteiger charge is 2.12. The maximum absolute atomic E-state index is 12.2. The van der Waals surface area contributed by atoms with Crippen molar-refractivity contribution in [2.75, 3.05) is 18.9 Å². The van der Waals surface area contributed by atoms with Crippen LogP contribution in [-0.2, 0) is 11.3 Å². The molecule has 1 N–H and O–H groups in total. The summed E-state index contributed by atoms with van der Waals surface area (Å²) in [6.07, 6.45) is 0. The van der Waals surface area contributed by atoms with E-state index in [0.29, 0.717) is 17.9 Å². The van der Waals surface area contributed by atoms with Crippen LogP contribution in [0.4, 0.5) is 5.82 Å². The molecule has 0 saturated heterocycles. The zero-order chi connectivity index (χ0) is 18.7. The number of benzene rings is 1. The molecular formula is C19H18BrN3O3. The van der Waals surface area contributed by atoms with Gasteiger partial charge in [0.15, 0.2) is 0 Å². The average molecular weight is 416 g/mol. The van der Waals surface area contributed by atoms with Gasteiger partial charge in [-0.05, 0) is 49.9 Å². The standard InChI is InChI=1S/C19H18BrN3O3/c1-12-4-3-5-17(21-12)22-18(24)11-23(2)10-13-8-19(25)26-16-9-14(20)6-7-15(13)16/h3-9H,10-11H2,1-2H3,(H,21,22,24). The second kappa shape index (κ2) is 7.80. The van der Waals surface area contributed by atoms with Crippen LogP contribution < -0.4 is 10.9 Å². The van der Waals surface area contributed by atoms with Gasteiger partial charge in [0.2, 0.25) is 5.91 Å². The number of carbonyl (C=O) groups is 1. The number of hydrogen-bond donors (Lipinski definition) is 1. The molecule has 0 aliphatic rings. The molecule has 7 heteroatoms. The molecule has 0 aliphatic heterocycles. The third-order valence-corrected chi connectivity index (χ3v) is 4.30. The lowest BCUT2D eigenvalue weighted by atomic mass is 10.1. The van der Waals surface area contributed by atoms with Crippen molar-refractivity contribution in [1.82, 2.24) is 9.88 Å². The van der Waals surface area contributed by atoms with Gasteiger partial charge >= 0.3 is 5.63 Å². The van der Waals surface area contributed by atoms with Crippen molar-refractivity contribution in [1.29, 1.82) is 0 Å². The second-order valence-corrected chi connectivity index (χ2v) is 7.03. The number of anilines is 1. The van der Waals surface area contributed by atoms with Gasteiger partial charge in [0.05, 0.1) is 6.54 Å². The minimum absolute atomic E-state index is 0.166. The monoisotopic (exact) mass is 415 g/mol. The number of amides is 1. The first-order chi connectivity index (χ1) is 12.4. The van der Waals surface area contributed by atoms with E-state index in [0.717, 1.165) is 21.1 Å². The van der Waals surface area contributed by atoms with Crippen molar-refractivity contribution in [3.63, 3.8) is 0 Å². The summed E-state index contributed by atoms with van der Waals surface area (Å²) in [7, 11) is 1.82. The third kappa shape index (κ3) is 4.56. The summed E-state index contributed by atoms with van der Waals surface area (Å²) in [6.45, 7) is 2.48. The number of fused-ring (bicyclic) bond motifs is 1. The lowest BCUT2D eigenvalue weighted by molar-refractivity contribution is -0.117. The zero-order valence-electron chi connectivity index (χ0n) is 14.5. The Kier molecular flexibility index (Phi) is 5.49. The average Bonchev–Trinajstić information content (AvgIpc) is 2.53. The van der Waals surface area contributed by atoms with Gasteiger partial charge in [0.25, 0.3) is 0 Å². The van der Waals surface area contributed by atoms with Gasteiger partial charge in [-0.25, -0.2) is 9.78 Å². The summed E-state index contributed by atoms with van der Waals surface area (Å²) >= 11 is 3.37. The quantitative estimate of drug-likeness (QED) is 0.646. The molecule has 0 spiro atoms. The summed E-state index contributed by atoms with van der Waals surface area (Å²) in [4.78, 5) is 30.1. The number of hydrogen-bond acceptors (Lipinski definition) is 5. The molecule has 1 aromatic carbocycles. The fraction of sp³-hybridized carbons (Fsp3) is 0.211. The van der Waals surface area contributed by atoms with E-state index in [1.165, 1.54) is 6.07 Å². The van der Waals surface area contributed by atoms with Crippen molar-refractivity contribution < 1.29 is 9.21 Å². The Bertz CT molecular complexity index is 1020. The number of aromatic nitrogens is 1. The minimum Gasteiger partial charge on any atom is -0.423 e. The van der Waals surface area contributed by atoms with Crippen molar-refractivity contribution >= 4 is 38.6 Å². The molecule has 2 heterocycles. The zero-order valence-corrected chi connectivity index (χ0v) is 16.0. The molecule has 1 amide bonds. The van der Waals surface area contributed by atoms with Crippen molar-refractivity contribution in [2.24, 2.45) is 0 Å². The topological polar surface area (TPSA) is 75.4 Å². The SMILES string of the molecule is Cc1cccc(NC(=O)CN(C)Cc2cc(=O)oc3cc(Br)ccc23)n1. The summed E-state index contributed by atoms with van der Waals surface area (Å²) < 4.78 is 6.08. The third-order valence-electron chi connectivity index (χ3n) is 3.80. The van der Waals surface area contributed by atoms with Crippen molar-refractivity contribution in [3.8, 4) is 0 Å². The Balaban J connectivity index is 1.72. The van der Waals surface area contributed by atoms with Gasteiger partial charge in [-0.1, -0.05) is 22.0 Å². The summed E-state index contributed by atoms with van der Waals surface area (Å²) in [5.41, 5.74) is 1.76. The van der Waals surface area contributed by atoms with E-state index in [2.05, 4.69) is 26.2 Å². The number of rotatable bonds is 5. The maximum atomic E-state index is 12.2. The van der Waals surface area contributed by atoms with E-state index in [1.54, 1.807) is 12.1 Å². The van der Waals surface area contributed by atoms with Crippen LogP contribution in [0, 0.1) is 6.92 Å². The van der Waals surface area contributed by atoms with Gasteiger partial charge < -0.3 is 9.73 Å². The van der Waals surface area contributed by atoms with E-state index in [-0.39, 0.29) is 12.5 Å². The molecule has 0 atom stereocenters. The highest BCUT2D eigenvalue weighted by Crippen LogP contribution is 2.22. The molecule has 0 aliphatic carbocycles. The molecule has 0 saturated carbocycles. The van der Waals surface area contributed by atoms with Gasteiger partial charge in [-0.15, -0.1) is 0 Å². The fourth-order valence-electron chi connectivity index (χ4n) is 2.72. The van der Waals surface area contributed by atoms with E-state index < -0.39 is 5.63 Å². The molecule has 0 bridgehead atoms. The number of halogens is 1. The molecule has 0 radical (unpaired) electrons. The predicted molar refractivity (Wildman–Crippen MR) is 104 cm³/mol. The van der Waals surface area contributed by atoms with Crippen molar-refractivity contribution in [2.45, 2.75) is 13.5 Å². The Morgan fingerprint density at radius 3 is 2.85 bits per heavy atom. The molecule has 2 aromatic heterocycles. The van der Waals surface area contributed by atoms with Crippen LogP contribution in [0.15, 0.2) is 56.1 Å². The molecule has 3 aromatic rings. The Morgan fingerprint density at radius 2 is 2.08 bits per heavy atom. The Labute approximate surface area is 159 Å². The normalized spacial score (nSPS) is 11.1. The van der Waals surface area contributed by atoms with E-state index in [4.69, 9.17) is 4.42 Å². The fourth-order valence-corrected chi connectivity index (χ4v) is 3.06. The first-order valence-electron chi connectivity index (χ1n) is 8.05. The maximum Gasteiger partial charge on any atom is 0.336 e. The van der Waals surface area contributed by atoms with Crippen LogP contribution in [0.1, 0.15) is 11.3 Å². The van der Waals surface area contributed by atoms with Gasteiger partial charge in [0.1, 0.15) is 11.4 Å². The first-order valence-corrected chi connectivity index (χ1v) is 8.84. The Morgan fingerprint density at radius 1 is 1.27 bits per heavy atom. The van der Waals surface area contributed by atoms with Crippen LogP contribution in [-0.4, -0.2) is 29.4 Å². The van der Waals surface area contributed by atoms with Gasteiger partial charge in [-0.2, -0.15) is 0 Å². The lowest BCUT2D eigenvalue weighted by Gasteiger charge is -2.17. The second-order valence-electron chi connectivity index (χ2n) is 6.12. The van der Waals surface area contributed by atoms with Crippen molar-refractivity contribution in [3.05, 3.63) is 68.6 Å². The van der Waals surface area contributed by atoms with E-state index in [1.807, 2.05) is 43.1 Å². The summed E-state index contributed by atoms with van der Waals surface area (Å²) in [6, 6.07) is 12.5. The number of nitrogens with one attached hydrogen (secondary N) is 1. The summed E-state index contributed by atoms with van der Waals surface area (Å²) in [5.74, 6) is 0.361. The van der Waals surface area contributed by atoms with Crippen LogP contribution >= 0.6 is 15.9 Å². The minimum atomic E-state index is -0.410. The van der Waals surface area contributed by atoms with Crippen LogP contribution in [0.5, 0.6) is 0 Å².